The minimum absolute atomic E-state index is 0.0888. The number of nitrogens with one attached hydrogen (secondary N) is 1. The lowest BCUT2D eigenvalue weighted by molar-refractivity contribution is 0.249. The van der Waals surface area contributed by atoms with Crippen LogP contribution in [0.3, 0.4) is 0 Å². The van der Waals surface area contributed by atoms with Crippen LogP contribution in [-0.2, 0) is 0 Å². The van der Waals surface area contributed by atoms with Crippen LogP contribution in [0.4, 0.5) is 14.5 Å². The van der Waals surface area contributed by atoms with E-state index in [9.17, 15) is 8.78 Å². The smallest absolute Gasteiger partial charge is 0.149 e. The number of aliphatic hydroxyl groups excluding tert-OH is 1. The molecule has 0 radical (unpaired) electrons. The van der Waals surface area contributed by atoms with E-state index in [1.807, 2.05) is 13.8 Å². The third-order valence-corrected chi connectivity index (χ3v) is 2.27. The molecule has 84 valence electrons. The summed E-state index contributed by atoms with van der Waals surface area (Å²) in [5.41, 5.74) is 0.212. The first-order valence-corrected chi connectivity index (χ1v) is 4.87. The highest BCUT2D eigenvalue weighted by molar-refractivity contribution is 5.45. The van der Waals surface area contributed by atoms with E-state index in [4.69, 9.17) is 5.11 Å². The molecular weight excluding hydrogens is 200 g/mol. The van der Waals surface area contributed by atoms with E-state index in [-0.39, 0.29) is 24.3 Å². The highest BCUT2D eigenvalue weighted by Gasteiger charge is 2.13. The Bertz CT molecular complexity index is 328. The van der Waals surface area contributed by atoms with Gasteiger partial charge in [-0.15, -0.1) is 0 Å². The van der Waals surface area contributed by atoms with Gasteiger partial charge in [0.2, 0.25) is 0 Å². The van der Waals surface area contributed by atoms with Gasteiger partial charge < -0.3 is 10.4 Å². The lowest BCUT2D eigenvalue weighted by atomic mass is 10.1. The zero-order chi connectivity index (χ0) is 11.4. The molecule has 2 nitrogen and oxygen atoms in total. The number of anilines is 1. The van der Waals surface area contributed by atoms with Crippen molar-refractivity contribution in [2.24, 2.45) is 5.92 Å². The van der Waals surface area contributed by atoms with E-state index in [2.05, 4.69) is 5.32 Å². The molecule has 0 fully saturated rings. The molecule has 4 heteroatoms. The van der Waals surface area contributed by atoms with Crippen molar-refractivity contribution in [2.75, 3.05) is 11.9 Å². The average molecular weight is 215 g/mol. The van der Waals surface area contributed by atoms with Crippen LogP contribution in [0.2, 0.25) is 0 Å². The summed E-state index contributed by atoms with van der Waals surface area (Å²) in [5.74, 6) is -1.09. The van der Waals surface area contributed by atoms with Gasteiger partial charge in [-0.2, -0.15) is 0 Å². The van der Waals surface area contributed by atoms with Crippen molar-refractivity contribution in [2.45, 2.75) is 19.9 Å². The van der Waals surface area contributed by atoms with Gasteiger partial charge in [0.25, 0.3) is 0 Å². The molecule has 1 unspecified atom stereocenters. The Morgan fingerprint density at radius 3 is 2.47 bits per heavy atom. The maximum atomic E-state index is 13.2. The number of rotatable bonds is 4. The fourth-order valence-electron chi connectivity index (χ4n) is 1.23. The molecule has 0 aliphatic heterocycles. The van der Waals surface area contributed by atoms with Crippen molar-refractivity contribution in [1.82, 2.24) is 0 Å². The Labute approximate surface area is 87.9 Å². The van der Waals surface area contributed by atoms with Crippen molar-refractivity contribution < 1.29 is 13.9 Å². The summed E-state index contributed by atoms with van der Waals surface area (Å²) in [5, 5.41) is 11.9. The zero-order valence-corrected chi connectivity index (χ0v) is 8.80. The maximum Gasteiger partial charge on any atom is 0.149 e. The average Bonchev–Trinajstić information content (AvgIpc) is 2.16. The minimum Gasteiger partial charge on any atom is -0.394 e. The van der Waals surface area contributed by atoms with Crippen molar-refractivity contribution >= 4 is 5.69 Å². The van der Waals surface area contributed by atoms with Gasteiger partial charge in [0.1, 0.15) is 11.6 Å². The third-order valence-electron chi connectivity index (χ3n) is 2.27. The SMILES string of the molecule is CC(C)C(CO)Nc1ccc(F)cc1F. The fraction of sp³-hybridized carbons (Fsp3) is 0.455. The fourth-order valence-corrected chi connectivity index (χ4v) is 1.23. The standard InChI is InChI=1S/C11H15F2NO/c1-7(2)11(6-15)14-10-4-3-8(12)5-9(10)13/h3-5,7,11,14-15H,6H2,1-2H3. The highest BCUT2D eigenvalue weighted by atomic mass is 19.1. The van der Waals surface area contributed by atoms with Crippen LogP contribution in [0, 0.1) is 17.6 Å². The van der Waals surface area contributed by atoms with Gasteiger partial charge in [0.05, 0.1) is 18.3 Å². The summed E-state index contributed by atoms with van der Waals surface area (Å²) in [4.78, 5) is 0. The van der Waals surface area contributed by atoms with Crippen molar-refractivity contribution in [3.8, 4) is 0 Å². The number of aliphatic hydroxyl groups is 1. The molecule has 15 heavy (non-hydrogen) atoms. The van der Waals surface area contributed by atoms with Crippen molar-refractivity contribution in [3.63, 3.8) is 0 Å². The first-order chi connectivity index (χ1) is 7.04. The second-order valence-electron chi connectivity index (χ2n) is 3.80. The van der Waals surface area contributed by atoms with Gasteiger partial charge in [-0.05, 0) is 18.1 Å². The molecule has 0 spiro atoms. The number of benzene rings is 1. The highest BCUT2D eigenvalue weighted by Crippen LogP contribution is 2.17. The largest absolute Gasteiger partial charge is 0.394 e. The molecule has 1 aromatic carbocycles. The molecular formula is C11H15F2NO. The van der Waals surface area contributed by atoms with E-state index in [0.29, 0.717) is 0 Å². The molecule has 2 N–H and O–H groups in total. The van der Waals surface area contributed by atoms with E-state index >= 15 is 0 Å². The van der Waals surface area contributed by atoms with Gasteiger partial charge in [-0.1, -0.05) is 13.8 Å². The predicted octanol–water partition coefficient (Wildman–Crippen LogP) is 2.39. The lowest BCUT2D eigenvalue weighted by Gasteiger charge is -2.21. The molecule has 0 aromatic heterocycles. The van der Waals surface area contributed by atoms with Gasteiger partial charge >= 0.3 is 0 Å². The number of hydrogen-bond acceptors (Lipinski definition) is 2. The predicted molar refractivity (Wildman–Crippen MR) is 55.7 cm³/mol. The van der Waals surface area contributed by atoms with Crippen molar-refractivity contribution in [3.05, 3.63) is 29.8 Å². The lowest BCUT2D eigenvalue weighted by Crippen LogP contribution is -2.29. The summed E-state index contributed by atoms with van der Waals surface area (Å²) in [6.07, 6.45) is 0. The van der Waals surface area contributed by atoms with Gasteiger partial charge in [0.15, 0.2) is 0 Å². The maximum absolute atomic E-state index is 13.2. The van der Waals surface area contributed by atoms with Crippen LogP contribution in [0.15, 0.2) is 18.2 Å². The third kappa shape index (κ3) is 3.16. The minimum atomic E-state index is -0.644. The second kappa shape index (κ2) is 5.07. The molecule has 0 saturated heterocycles. The topological polar surface area (TPSA) is 32.3 Å². The Morgan fingerprint density at radius 1 is 1.33 bits per heavy atom. The second-order valence-corrected chi connectivity index (χ2v) is 3.80. The molecule has 1 rings (SSSR count). The summed E-state index contributed by atoms with van der Waals surface area (Å²) in [7, 11) is 0. The monoisotopic (exact) mass is 215 g/mol. The molecule has 0 aliphatic rings. The summed E-state index contributed by atoms with van der Waals surface area (Å²) >= 11 is 0. The number of halogens is 2. The van der Waals surface area contributed by atoms with Gasteiger partial charge in [0, 0.05) is 6.07 Å². The summed E-state index contributed by atoms with van der Waals surface area (Å²) < 4.78 is 25.8. The normalized spacial score (nSPS) is 12.9. The molecule has 0 saturated carbocycles. The van der Waals surface area contributed by atoms with Crippen LogP contribution >= 0.6 is 0 Å². The Morgan fingerprint density at radius 2 is 2.00 bits per heavy atom. The van der Waals surface area contributed by atoms with Gasteiger partial charge in [-0.25, -0.2) is 8.78 Å². The van der Waals surface area contributed by atoms with Crippen LogP contribution in [0.5, 0.6) is 0 Å². The Balaban J connectivity index is 2.79. The molecule has 1 aromatic rings. The molecule has 0 bridgehead atoms. The van der Waals surface area contributed by atoms with Crippen LogP contribution < -0.4 is 5.32 Å². The van der Waals surface area contributed by atoms with Crippen LogP contribution in [0.1, 0.15) is 13.8 Å². The van der Waals surface area contributed by atoms with Crippen molar-refractivity contribution in [1.29, 1.82) is 0 Å². The van der Waals surface area contributed by atoms with E-state index in [0.717, 1.165) is 6.07 Å². The molecule has 0 amide bonds. The first-order valence-electron chi connectivity index (χ1n) is 4.87. The summed E-state index contributed by atoms with van der Waals surface area (Å²) in [6, 6.07) is 3.09. The van der Waals surface area contributed by atoms with Gasteiger partial charge in [-0.3, -0.25) is 0 Å². The quantitative estimate of drug-likeness (QED) is 0.808. The Hall–Kier alpha value is -1.16. The van der Waals surface area contributed by atoms with Crippen LogP contribution in [0.25, 0.3) is 0 Å². The molecule has 0 aliphatic carbocycles. The molecule has 0 heterocycles. The van der Waals surface area contributed by atoms with E-state index < -0.39 is 11.6 Å². The first kappa shape index (κ1) is 11.9. The van der Waals surface area contributed by atoms with Crippen LogP contribution in [-0.4, -0.2) is 17.8 Å². The number of hydrogen-bond donors (Lipinski definition) is 2. The Kier molecular flexibility index (Phi) is 4.03. The zero-order valence-electron chi connectivity index (χ0n) is 8.80. The molecule has 1 atom stereocenters. The van der Waals surface area contributed by atoms with E-state index in [1.165, 1.54) is 12.1 Å². The summed E-state index contributed by atoms with van der Waals surface area (Å²) in [6.45, 7) is 3.74. The van der Waals surface area contributed by atoms with E-state index in [1.54, 1.807) is 0 Å².